The van der Waals surface area contributed by atoms with Crippen LogP contribution in [0.1, 0.15) is 24.4 Å². The van der Waals surface area contributed by atoms with Crippen LogP contribution in [-0.4, -0.2) is 63.6 Å². The molecule has 0 radical (unpaired) electrons. The lowest BCUT2D eigenvalue weighted by molar-refractivity contribution is -0.137. The van der Waals surface area contributed by atoms with Gasteiger partial charge in [0.1, 0.15) is 0 Å². The van der Waals surface area contributed by atoms with Crippen molar-refractivity contribution in [1.82, 2.24) is 24.9 Å². The predicted molar refractivity (Wildman–Crippen MR) is 119 cm³/mol. The average Bonchev–Trinajstić information content (AvgIpc) is 3.31. The minimum absolute atomic E-state index is 0.109. The number of alkyl halides is 3. The fourth-order valence-corrected chi connectivity index (χ4v) is 3.86. The standard InChI is InChI=1S/C22H22ClF3N6O2/c1-14(21-29-20(30-34-21)15-4-2-5-16(12-15)22(24,25)26)32-10-8-31(9-11-32)13-18(33)28-17-6-3-7-27-19(17)23/h2-7,12,14H,8-11,13H2,1H3,(H,28,33). The zero-order valence-electron chi connectivity index (χ0n) is 18.2. The van der Waals surface area contributed by atoms with Crippen LogP contribution in [0.3, 0.4) is 0 Å². The van der Waals surface area contributed by atoms with Gasteiger partial charge in [0.2, 0.25) is 17.6 Å². The van der Waals surface area contributed by atoms with E-state index >= 15 is 0 Å². The van der Waals surface area contributed by atoms with Crippen LogP contribution in [-0.2, 0) is 11.0 Å². The first-order valence-electron chi connectivity index (χ1n) is 10.6. The molecular weight excluding hydrogens is 473 g/mol. The number of pyridine rings is 1. The first kappa shape index (κ1) is 24.1. The molecule has 1 aliphatic rings. The van der Waals surface area contributed by atoms with Crippen LogP contribution in [0.5, 0.6) is 0 Å². The average molecular weight is 495 g/mol. The third kappa shape index (κ3) is 5.72. The van der Waals surface area contributed by atoms with E-state index < -0.39 is 11.7 Å². The van der Waals surface area contributed by atoms with E-state index in [0.29, 0.717) is 37.8 Å². The molecule has 1 unspecified atom stereocenters. The number of halogens is 4. The minimum atomic E-state index is -4.45. The molecule has 3 aromatic rings. The van der Waals surface area contributed by atoms with Crippen LogP contribution in [0, 0.1) is 0 Å². The van der Waals surface area contributed by atoms with E-state index in [9.17, 15) is 18.0 Å². The molecule has 12 heteroatoms. The van der Waals surface area contributed by atoms with Crippen molar-refractivity contribution in [1.29, 1.82) is 0 Å². The number of hydrogen-bond donors (Lipinski definition) is 1. The lowest BCUT2D eigenvalue weighted by Crippen LogP contribution is -2.49. The third-order valence-corrected chi connectivity index (χ3v) is 5.90. The van der Waals surface area contributed by atoms with Gasteiger partial charge in [-0.1, -0.05) is 28.9 Å². The number of piperazine rings is 1. The molecule has 1 aliphatic heterocycles. The van der Waals surface area contributed by atoms with Crippen molar-refractivity contribution in [2.45, 2.75) is 19.1 Å². The fraction of sp³-hybridized carbons (Fsp3) is 0.364. The van der Waals surface area contributed by atoms with Crippen LogP contribution in [0.15, 0.2) is 47.1 Å². The van der Waals surface area contributed by atoms with E-state index in [0.717, 1.165) is 12.1 Å². The summed E-state index contributed by atoms with van der Waals surface area (Å²) in [6, 6.07) is 7.98. The molecule has 4 rings (SSSR count). The Morgan fingerprint density at radius 3 is 2.68 bits per heavy atom. The van der Waals surface area contributed by atoms with Crippen molar-refractivity contribution in [2.24, 2.45) is 0 Å². The maximum atomic E-state index is 13.0. The quantitative estimate of drug-likeness (QED) is 0.516. The highest BCUT2D eigenvalue weighted by atomic mass is 35.5. The predicted octanol–water partition coefficient (Wildman–Crippen LogP) is 4.12. The van der Waals surface area contributed by atoms with Gasteiger partial charge in [0.25, 0.3) is 0 Å². The lowest BCUT2D eigenvalue weighted by atomic mass is 10.1. The number of aromatic nitrogens is 3. The molecule has 0 aliphatic carbocycles. The molecule has 180 valence electrons. The normalized spacial score (nSPS) is 16.4. The Balaban J connectivity index is 1.32. The zero-order valence-corrected chi connectivity index (χ0v) is 19.0. The molecule has 0 spiro atoms. The van der Waals surface area contributed by atoms with Crippen molar-refractivity contribution >= 4 is 23.2 Å². The summed E-state index contributed by atoms with van der Waals surface area (Å²) in [5.74, 6) is 0.251. The Morgan fingerprint density at radius 2 is 1.97 bits per heavy atom. The Kier molecular flexibility index (Phi) is 7.15. The van der Waals surface area contributed by atoms with Gasteiger partial charge in [0, 0.05) is 37.9 Å². The van der Waals surface area contributed by atoms with Crippen molar-refractivity contribution in [3.63, 3.8) is 0 Å². The van der Waals surface area contributed by atoms with Crippen molar-refractivity contribution in [2.75, 3.05) is 38.0 Å². The summed E-state index contributed by atoms with van der Waals surface area (Å²) in [5.41, 5.74) is -0.0636. The molecule has 0 bridgehead atoms. The Bertz CT molecular complexity index is 1150. The summed E-state index contributed by atoms with van der Waals surface area (Å²) < 4.78 is 44.3. The second kappa shape index (κ2) is 10.1. The number of carbonyl (C=O) groups excluding carboxylic acids is 1. The maximum absolute atomic E-state index is 13.0. The highest BCUT2D eigenvalue weighted by Crippen LogP contribution is 2.32. The molecule has 1 saturated heterocycles. The largest absolute Gasteiger partial charge is 0.416 e. The van der Waals surface area contributed by atoms with E-state index in [2.05, 4.69) is 25.3 Å². The van der Waals surface area contributed by atoms with E-state index in [1.807, 2.05) is 11.8 Å². The van der Waals surface area contributed by atoms with Gasteiger partial charge in [-0.3, -0.25) is 14.6 Å². The first-order chi connectivity index (χ1) is 16.2. The molecule has 34 heavy (non-hydrogen) atoms. The highest BCUT2D eigenvalue weighted by molar-refractivity contribution is 6.32. The van der Waals surface area contributed by atoms with Gasteiger partial charge >= 0.3 is 6.18 Å². The Morgan fingerprint density at radius 1 is 1.21 bits per heavy atom. The van der Waals surface area contributed by atoms with Gasteiger partial charge in [0.15, 0.2) is 5.15 Å². The number of nitrogens with zero attached hydrogens (tertiary/aromatic N) is 5. The lowest BCUT2D eigenvalue weighted by Gasteiger charge is -2.36. The molecule has 2 aromatic heterocycles. The van der Waals surface area contributed by atoms with Gasteiger partial charge < -0.3 is 9.84 Å². The van der Waals surface area contributed by atoms with Crippen LogP contribution < -0.4 is 5.32 Å². The molecule has 1 aromatic carbocycles. The zero-order chi connectivity index (χ0) is 24.3. The van der Waals surface area contributed by atoms with Gasteiger partial charge in [-0.25, -0.2) is 4.98 Å². The number of anilines is 1. The second-order valence-corrected chi connectivity index (χ2v) is 8.27. The topological polar surface area (TPSA) is 87.4 Å². The minimum Gasteiger partial charge on any atom is -0.337 e. The summed E-state index contributed by atoms with van der Waals surface area (Å²) >= 11 is 5.98. The van der Waals surface area contributed by atoms with Crippen molar-refractivity contribution < 1.29 is 22.5 Å². The SMILES string of the molecule is CC(c1nc(-c2cccc(C(F)(F)F)c2)no1)N1CCN(CC(=O)Nc2cccnc2Cl)CC1. The van der Waals surface area contributed by atoms with Crippen molar-refractivity contribution in [3.05, 3.63) is 59.2 Å². The summed E-state index contributed by atoms with van der Waals surface area (Å²) in [6.07, 6.45) is -2.90. The number of carbonyl (C=O) groups is 1. The Hall–Kier alpha value is -3.02. The molecule has 1 amide bonds. The smallest absolute Gasteiger partial charge is 0.337 e. The summed E-state index contributed by atoms with van der Waals surface area (Å²) in [7, 11) is 0. The highest BCUT2D eigenvalue weighted by Gasteiger charge is 2.31. The first-order valence-corrected chi connectivity index (χ1v) is 11.0. The van der Waals surface area contributed by atoms with Crippen LogP contribution >= 0.6 is 11.6 Å². The number of rotatable bonds is 6. The van der Waals surface area contributed by atoms with Gasteiger partial charge in [0.05, 0.1) is 23.8 Å². The molecule has 1 atom stereocenters. The van der Waals surface area contributed by atoms with Crippen LogP contribution in [0.4, 0.5) is 18.9 Å². The molecule has 0 saturated carbocycles. The van der Waals surface area contributed by atoms with Gasteiger partial charge in [-0.2, -0.15) is 18.2 Å². The van der Waals surface area contributed by atoms with E-state index in [1.165, 1.54) is 12.1 Å². The fourth-order valence-electron chi connectivity index (χ4n) is 3.69. The molecule has 1 fully saturated rings. The summed E-state index contributed by atoms with van der Waals surface area (Å²) in [5, 5.41) is 6.86. The number of benzene rings is 1. The van der Waals surface area contributed by atoms with Gasteiger partial charge in [-0.05, 0) is 31.2 Å². The summed E-state index contributed by atoms with van der Waals surface area (Å²) in [6.45, 7) is 4.72. The van der Waals surface area contributed by atoms with Gasteiger partial charge in [-0.15, -0.1) is 0 Å². The number of amides is 1. The van der Waals surface area contributed by atoms with Crippen LogP contribution in [0.2, 0.25) is 5.15 Å². The van der Waals surface area contributed by atoms with Crippen LogP contribution in [0.25, 0.3) is 11.4 Å². The molecule has 3 heterocycles. The number of nitrogens with one attached hydrogen (secondary N) is 1. The van der Waals surface area contributed by atoms with Crippen molar-refractivity contribution in [3.8, 4) is 11.4 Å². The summed E-state index contributed by atoms with van der Waals surface area (Å²) in [4.78, 5) is 24.7. The van der Waals surface area contributed by atoms with E-state index in [-0.39, 0.29) is 35.0 Å². The number of hydrogen-bond acceptors (Lipinski definition) is 7. The third-order valence-electron chi connectivity index (χ3n) is 5.60. The van der Waals surface area contributed by atoms with E-state index in [1.54, 1.807) is 18.3 Å². The molecule has 8 nitrogen and oxygen atoms in total. The van der Waals surface area contributed by atoms with E-state index in [4.69, 9.17) is 16.1 Å². The Labute approximate surface area is 198 Å². The second-order valence-electron chi connectivity index (χ2n) is 7.91. The molecule has 1 N–H and O–H groups in total. The molecular formula is C22H22ClF3N6O2. The monoisotopic (exact) mass is 494 g/mol. The maximum Gasteiger partial charge on any atom is 0.416 e.